The Hall–Kier alpha value is -1.69. The zero-order chi connectivity index (χ0) is 15.7. The summed E-state index contributed by atoms with van der Waals surface area (Å²) in [5.41, 5.74) is 0.681. The Bertz CT molecular complexity index is 453. The molecule has 0 radical (unpaired) electrons. The monoisotopic (exact) mass is 310 g/mol. The minimum absolute atomic E-state index is 0.0671. The topological polar surface area (TPSA) is 78.4 Å². The summed E-state index contributed by atoms with van der Waals surface area (Å²) in [6.07, 6.45) is 2.90. The molecule has 2 amide bonds. The lowest BCUT2D eigenvalue weighted by molar-refractivity contribution is -0.138. The van der Waals surface area contributed by atoms with Crippen LogP contribution in [0.1, 0.15) is 24.8 Å². The molecule has 0 aliphatic heterocycles. The van der Waals surface area contributed by atoms with E-state index in [1.54, 1.807) is 36.0 Å². The Labute approximate surface area is 129 Å². The van der Waals surface area contributed by atoms with Crippen molar-refractivity contribution in [2.24, 2.45) is 0 Å². The molecule has 0 aromatic heterocycles. The zero-order valence-corrected chi connectivity index (χ0v) is 13.2. The number of thioether (sulfide) groups is 1. The maximum atomic E-state index is 11.8. The van der Waals surface area contributed by atoms with Gasteiger partial charge in [0.1, 0.15) is 0 Å². The average molecular weight is 310 g/mol. The van der Waals surface area contributed by atoms with Crippen molar-refractivity contribution in [1.29, 1.82) is 0 Å². The summed E-state index contributed by atoms with van der Waals surface area (Å²) in [6.45, 7) is 2.00. The first kappa shape index (κ1) is 17.4. The van der Waals surface area contributed by atoms with E-state index in [4.69, 9.17) is 0 Å². The van der Waals surface area contributed by atoms with Crippen LogP contribution in [-0.2, 0) is 4.79 Å². The van der Waals surface area contributed by atoms with Crippen LogP contribution in [0.2, 0.25) is 0 Å². The van der Waals surface area contributed by atoms with Crippen LogP contribution in [0.3, 0.4) is 0 Å². The van der Waals surface area contributed by atoms with E-state index >= 15 is 0 Å². The molecule has 0 spiro atoms. The number of carboxylic acid groups (broad SMARTS) is 1. The molecule has 1 aromatic rings. The van der Waals surface area contributed by atoms with E-state index in [1.807, 2.05) is 19.2 Å². The molecule has 0 aliphatic rings. The third-order valence-corrected chi connectivity index (χ3v) is 3.74. The Kier molecular flexibility index (Phi) is 7.68. The normalized spacial score (nSPS) is 13.2. The molecule has 0 aliphatic carbocycles. The summed E-state index contributed by atoms with van der Waals surface area (Å²) in [4.78, 5) is 23.1. The van der Waals surface area contributed by atoms with Crippen molar-refractivity contribution in [1.82, 2.24) is 10.6 Å². The summed E-state index contributed by atoms with van der Waals surface area (Å²) in [6, 6.07) is 8.64. The van der Waals surface area contributed by atoms with Gasteiger partial charge in [-0.1, -0.05) is 30.3 Å². The van der Waals surface area contributed by atoms with Gasteiger partial charge >= 0.3 is 12.0 Å². The standard InChI is InChI=1S/C15H22N2O3S/c1-11(8-9-21-2)17-15(20)16-10-13(14(18)19)12-6-4-3-5-7-12/h3-7,11,13H,8-10H2,1-2H3,(H,18,19)(H2,16,17,20). The number of carbonyl (C=O) groups excluding carboxylic acids is 1. The van der Waals surface area contributed by atoms with Gasteiger partial charge in [0.15, 0.2) is 0 Å². The molecule has 0 saturated heterocycles. The Morgan fingerprint density at radius 1 is 1.29 bits per heavy atom. The van der Waals surface area contributed by atoms with Gasteiger partial charge in [0.25, 0.3) is 0 Å². The Morgan fingerprint density at radius 3 is 2.52 bits per heavy atom. The lowest BCUT2D eigenvalue weighted by atomic mass is 9.99. The van der Waals surface area contributed by atoms with Crippen LogP contribution < -0.4 is 10.6 Å². The van der Waals surface area contributed by atoms with Crippen molar-refractivity contribution in [3.8, 4) is 0 Å². The second-order valence-electron chi connectivity index (χ2n) is 4.84. The van der Waals surface area contributed by atoms with Crippen LogP contribution in [0.5, 0.6) is 0 Å². The van der Waals surface area contributed by atoms with Gasteiger partial charge in [0.05, 0.1) is 5.92 Å². The van der Waals surface area contributed by atoms with Gasteiger partial charge in [-0.05, 0) is 30.9 Å². The molecule has 6 heteroatoms. The number of carbonyl (C=O) groups is 2. The van der Waals surface area contributed by atoms with E-state index in [9.17, 15) is 14.7 Å². The molecule has 3 N–H and O–H groups in total. The Balaban J connectivity index is 2.47. The van der Waals surface area contributed by atoms with E-state index in [-0.39, 0.29) is 18.6 Å². The zero-order valence-electron chi connectivity index (χ0n) is 12.3. The van der Waals surface area contributed by atoms with Crippen LogP contribution in [0.4, 0.5) is 4.79 Å². The van der Waals surface area contributed by atoms with Crippen molar-refractivity contribution in [2.75, 3.05) is 18.6 Å². The molecule has 1 aromatic carbocycles. The minimum Gasteiger partial charge on any atom is -0.481 e. The summed E-state index contributed by atoms with van der Waals surface area (Å²) < 4.78 is 0. The van der Waals surface area contributed by atoms with E-state index < -0.39 is 11.9 Å². The number of aliphatic carboxylic acids is 1. The van der Waals surface area contributed by atoms with Crippen LogP contribution >= 0.6 is 11.8 Å². The summed E-state index contributed by atoms with van der Waals surface area (Å²) in [5.74, 6) is -0.709. The number of urea groups is 1. The maximum Gasteiger partial charge on any atom is 0.315 e. The van der Waals surface area contributed by atoms with Gasteiger partial charge in [0, 0.05) is 12.6 Å². The Morgan fingerprint density at radius 2 is 1.95 bits per heavy atom. The third-order valence-electron chi connectivity index (χ3n) is 3.10. The molecule has 0 fully saturated rings. The molecule has 0 saturated carbocycles. The number of hydrogen-bond donors (Lipinski definition) is 3. The first-order valence-corrected chi connectivity index (χ1v) is 8.25. The first-order chi connectivity index (χ1) is 10.0. The number of benzene rings is 1. The van der Waals surface area contributed by atoms with Crippen molar-refractivity contribution in [3.63, 3.8) is 0 Å². The van der Waals surface area contributed by atoms with Gasteiger partial charge in [-0.15, -0.1) is 0 Å². The summed E-state index contributed by atoms with van der Waals surface area (Å²) in [5, 5.41) is 14.7. The molecule has 21 heavy (non-hydrogen) atoms. The number of carboxylic acids is 1. The fourth-order valence-corrected chi connectivity index (χ4v) is 2.46. The number of hydrogen-bond acceptors (Lipinski definition) is 3. The molecule has 2 unspecified atom stereocenters. The van der Waals surface area contributed by atoms with E-state index in [0.717, 1.165) is 12.2 Å². The summed E-state index contributed by atoms with van der Waals surface area (Å²) >= 11 is 1.73. The average Bonchev–Trinajstić information content (AvgIpc) is 2.46. The molecular weight excluding hydrogens is 288 g/mol. The molecule has 0 heterocycles. The van der Waals surface area contributed by atoms with Gasteiger partial charge in [0.2, 0.25) is 0 Å². The maximum absolute atomic E-state index is 11.8. The molecular formula is C15H22N2O3S. The van der Waals surface area contributed by atoms with Gasteiger partial charge in [-0.2, -0.15) is 11.8 Å². The van der Waals surface area contributed by atoms with Gasteiger partial charge in [-0.25, -0.2) is 4.79 Å². The quantitative estimate of drug-likeness (QED) is 0.688. The van der Waals surface area contributed by atoms with Crippen molar-refractivity contribution in [2.45, 2.75) is 25.3 Å². The highest BCUT2D eigenvalue weighted by Gasteiger charge is 2.20. The van der Waals surface area contributed by atoms with Crippen molar-refractivity contribution in [3.05, 3.63) is 35.9 Å². The molecule has 2 atom stereocenters. The fourth-order valence-electron chi connectivity index (χ4n) is 1.87. The van der Waals surface area contributed by atoms with E-state index in [1.165, 1.54) is 0 Å². The van der Waals surface area contributed by atoms with Crippen molar-refractivity contribution < 1.29 is 14.7 Å². The van der Waals surface area contributed by atoms with E-state index in [0.29, 0.717) is 5.56 Å². The predicted molar refractivity (Wildman–Crippen MR) is 85.8 cm³/mol. The number of rotatable bonds is 8. The van der Waals surface area contributed by atoms with Crippen molar-refractivity contribution >= 4 is 23.8 Å². The molecule has 116 valence electrons. The van der Waals surface area contributed by atoms with Crippen LogP contribution in [0.15, 0.2) is 30.3 Å². The third kappa shape index (κ3) is 6.53. The summed E-state index contributed by atoms with van der Waals surface area (Å²) in [7, 11) is 0. The van der Waals surface area contributed by atoms with Crippen LogP contribution in [0.25, 0.3) is 0 Å². The van der Waals surface area contributed by atoms with Crippen LogP contribution in [0, 0.1) is 0 Å². The molecule has 0 bridgehead atoms. The lowest BCUT2D eigenvalue weighted by Gasteiger charge is -2.17. The highest BCUT2D eigenvalue weighted by Crippen LogP contribution is 2.14. The second-order valence-corrected chi connectivity index (χ2v) is 5.82. The highest BCUT2D eigenvalue weighted by molar-refractivity contribution is 7.98. The lowest BCUT2D eigenvalue weighted by Crippen LogP contribution is -2.43. The minimum atomic E-state index is -0.947. The fraction of sp³-hybridized carbons (Fsp3) is 0.467. The number of nitrogens with one attached hydrogen (secondary N) is 2. The van der Waals surface area contributed by atoms with Crippen LogP contribution in [-0.4, -0.2) is 41.7 Å². The predicted octanol–water partition coefficient (Wildman–Crippen LogP) is 2.30. The largest absolute Gasteiger partial charge is 0.481 e. The smallest absolute Gasteiger partial charge is 0.315 e. The van der Waals surface area contributed by atoms with Gasteiger partial charge in [-0.3, -0.25) is 4.79 Å². The molecule has 5 nitrogen and oxygen atoms in total. The van der Waals surface area contributed by atoms with Gasteiger partial charge < -0.3 is 15.7 Å². The second kappa shape index (κ2) is 9.28. The SMILES string of the molecule is CSCCC(C)NC(=O)NCC(C(=O)O)c1ccccc1. The first-order valence-electron chi connectivity index (χ1n) is 6.85. The highest BCUT2D eigenvalue weighted by atomic mass is 32.2. The molecule has 1 rings (SSSR count). The number of amides is 2. The van der Waals surface area contributed by atoms with E-state index in [2.05, 4.69) is 10.6 Å².